The first-order chi connectivity index (χ1) is 13.3. The van der Waals surface area contributed by atoms with Gasteiger partial charge >= 0.3 is 6.18 Å². The second kappa shape index (κ2) is 12.5. The summed E-state index contributed by atoms with van der Waals surface area (Å²) in [6.45, 7) is 1.22. The normalized spacial score (nSPS) is 16.4. The molecule has 0 amide bonds. The Bertz CT molecular complexity index is 646. The maximum atomic E-state index is 13.6. The average molecular weight is 534 g/mol. The molecule has 0 aliphatic carbocycles. The molecule has 0 bridgehead atoms. The molecule has 0 spiro atoms. The smallest absolute Gasteiger partial charge is 0.356 e. The van der Waals surface area contributed by atoms with Crippen molar-refractivity contribution in [2.75, 3.05) is 39.8 Å². The molecule has 0 aromatic heterocycles. The van der Waals surface area contributed by atoms with E-state index >= 15 is 0 Å². The molecule has 10 heteroatoms. The van der Waals surface area contributed by atoms with E-state index in [-0.39, 0.29) is 24.0 Å². The van der Waals surface area contributed by atoms with Crippen LogP contribution in [0.15, 0.2) is 23.2 Å². The van der Waals surface area contributed by atoms with Crippen molar-refractivity contribution in [3.63, 3.8) is 0 Å². The van der Waals surface area contributed by atoms with Gasteiger partial charge < -0.3 is 10.6 Å². The van der Waals surface area contributed by atoms with Gasteiger partial charge in [0.15, 0.2) is 5.96 Å². The van der Waals surface area contributed by atoms with Crippen LogP contribution in [-0.4, -0.2) is 56.8 Å². The number of piperidine rings is 1. The van der Waals surface area contributed by atoms with E-state index in [1.54, 1.807) is 7.05 Å². The van der Waals surface area contributed by atoms with Gasteiger partial charge in [0.25, 0.3) is 0 Å². The summed E-state index contributed by atoms with van der Waals surface area (Å²) in [7, 11) is 1.63. The molecule has 1 fully saturated rings. The highest BCUT2D eigenvalue weighted by Crippen LogP contribution is 2.23. The lowest BCUT2D eigenvalue weighted by Crippen LogP contribution is -2.42. The molecule has 1 saturated heterocycles. The molecule has 1 aliphatic heterocycles. The van der Waals surface area contributed by atoms with Gasteiger partial charge in [-0.15, -0.1) is 24.0 Å². The lowest BCUT2D eigenvalue weighted by molar-refractivity contribution is -0.148. The number of alkyl halides is 3. The number of hydrogen-bond donors (Lipinski definition) is 2. The predicted octanol–water partition coefficient (Wildman–Crippen LogP) is 3.95. The summed E-state index contributed by atoms with van der Waals surface area (Å²) in [6.07, 6.45) is -1.37. The van der Waals surface area contributed by atoms with E-state index in [0.717, 1.165) is 25.3 Å². The zero-order valence-corrected chi connectivity index (χ0v) is 18.7. The van der Waals surface area contributed by atoms with Gasteiger partial charge in [0, 0.05) is 26.2 Å². The maximum absolute atomic E-state index is 13.6. The number of halogens is 6. The van der Waals surface area contributed by atoms with Crippen LogP contribution in [0.2, 0.25) is 0 Å². The fourth-order valence-electron chi connectivity index (χ4n) is 3.34. The number of hydrogen-bond acceptors (Lipinski definition) is 2. The number of benzene rings is 1. The molecule has 1 aromatic carbocycles. The van der Waals surface area contributed by atoms with E-state index in [1.807, 2.05) is 0 Å². The average Bonchev–Trinajstić information content (AvgIpc) is 2.62. The fraction of sp³-hybridized carbons (Fsp3) is 0.632. The van der Waals surface area contributed by atoms with Crippen LogP contribution in [0.5, 0.6) is 0 Å². The maximum Gasteiger partial charge on any atom is 0.401 e. The third-order valence-corrected chi connectivity index (χ3v) is 4.88. The number of likely N-dealkylation sites (tertiary alicyclic amines) is 1. The van der Waals surface area contributed by atoms with Crippen molar-refractivity contribution in [2.24, 2.45) is 10.9 Å². The van der Waals surface area contributed by atoms with Crippen LogP contribution < -0.4 is 10.6 Å². The van der Waals surface area contributed by atoms with Crippen LogP contribution in [-0.2, 0) is 6.42 Å². The van der Waals surface area contributed by atoms with E-state index in [1.165, 1.54) is 17.0 Å². The second-order valence-electron chi connectivity index (χ2n) is 7.03. The number of aliphatic imine (C=N–C) groups is 1. The molecular formula is C19H28F5IN4. The standard InChI is InChI=1S/C19H27F5N4.HI/c1-25-18(27-9-5-15-2-3-16(20)12-17(15)21)26-8-4-14-6-10-28(11-7-14)13-19(22,23)24;/h2-3,12,14H,4-11,13H2,1H3,(H2,25,26,27);1H. The highest BCUT2D eigenvalue weighted by atomic mass is 127. The first-order valence-corrected chi connectivity index (χ1v) is 9.44. The van der Waals surface area contributed by atoms with Crippen molar-refractivity contribution in [3.05, 3.63) is 35.4 Å². The minimum Gasteiger partial charge on any atom is -0.356 e. The first-order valence-electron chi connectivity index (χ1n) is 9.44. The Morgan fingerprint density at radius 3 is 2.38 bits per heavy atom. The molecule has 0 radical (unpaired) electrons. The van der Waals surface area contributed by atoms with Crippen LogP contribution in [0.25, 0.3) is 0 Å². The molecule has 0 unspecified atom stereocenters. The third kappa shape index (κ3) is 9.92. The lowest BCUT2D eigenvalue weighted by Gasteiger charge is -2.32. The molecule has 2 rings (SSSR count). The van der Waals surface area contributed by atoms with Gasteiger partial charge in [-0.25, -0.2) is 8.78 Å². The van der Waals surface area contributed by atoms with E-state index in [4.69, 9.17) is 0 Å². The molecule has 1 aliphatic rings. The lowest BCUT2D eigenvalue weighted by atomic mass is 9.93. The van der Waals surface area contributed by atoms with Gasteiger partial charge in [0.05, 0.1) is 6.54 Å². The van der Waals surface area contributed by atoms with Crippen LogP contribution in [0.4, 0.5) is 22.0 Å². The third-order valence-electron chi connectivity index (χ3n) is 4.88. The van der Waals surface area contributed by atoms with Gasteiger partial charge in [-0.05, 0) is 56.3 Å². The van der Waals surface area contributed by atoms with Crippen molar-refractivity contribution < 1.29 is 22.0 Å². The van der Waals surface area contributed by atoms with E-state index in [0.29, 0.717) is 50.0 Å². The van der Waals surface area contributed by atoms with Crippen LogP contribution in [0.1, 0.15) is 24.8 Å². The zero-order chi connectivity index (χ0) is 20.6. The molecule has 29 heavy (non-hydrogen) atoms. The van der Waals surface area contributed by atoms with Crippen LogP contribution >= 0.6 is 24.0 Å². The Morgan fingerprint density at radius 1 is 1.14 bits per heavy atom. The van der Waals surface area contributed by atoms with Gasteiger partial charge in [0.1, 0.15) is 11.6 Å². The van der Waals surface area contributed by atoms with E-state index in [9.17, 15) is 22.0 Å². The van der Waals surface area contributed by atoms with Crippen molar-refractivity contribution >= 4 is 29.9 Å². The Kier molecular flexibility index (Phi) is 11.2. The zero-order valence-electron chi connectivity index (χ0n) is 16.4. The molecule has 1 aromatic rings. The van der Waals surface area contributed by atoms with Gasteiger partial charge in [-0.1, -0.05) is 6.07 Å². The number of nitrogens with one attached hydrogen (secondary N) is 2. The Labute approximate surface area is 185 Å². The van der Waals surface area contributed by atoms with Crippen LogP contribution in [0, 0.1) is 17.6 Å². The SMILES string of the molecule is CN=C(NCCc1ccc(F)cc1F)NCCC1CCN(CC(F)(F)F)CC1.I. The van der Waals surface area contributed by atoms with Gasteiger partial charge in [-0.3, -0.25) is 9.89 Å². The molecular weight excluding hydrogens is 506 g/mol. The van der Waals surface area contributed by atoms with E-state index < -0.39 is 24.4 Å². The molecule has 0 atom stereocenters. The predicted molar refractivity (Wildman–Crippen MR) is 115 cm³/mol. The summed E-state index contributed by atoms with van der Waals surface area (Å²) in [5.41, 5.74) is 0.426. The monoisotopic (exact) mass is 534 g/mol. The van der Waals surface area contributed by atoms with Crippen LogP contribution in [0.3, 0.4) is 0 Å². The first kappa shape index (κ1) is 25.9. The Hall–Kier alpha value is -1.17. The minimum absolute atomic E-state index is 0. The van der Waals surface area contributed by atoms with Gasteiger partial charge in [0.2, 0.25) is 0 Å². The summed E-state index contributed by atoms with van der Waals surface area (Å²) in [4.78, 5) is 5.56. The fourth-order valence-corrected chi connectivity index (χ4v) is 3.34. The molecule has 4 nitrogen and oxygen atoms in total. The number of guanidine groups is 1. The topological polar surface area (TPSA) is 39.7 Å². The van der Waals surface area contributed by atoms with Crippen molar-refractivity contribution in [3.8, 4) is 0 Å². The van der Waals surface area contributed by atoms with Crippen molar-refractivity contribution in [2.45, 2.75) is 31.9 Å². The number of nitrogens with zero attached hydrogens (tertiary/aromatic N) is 2. The quantitative estimate of drug-likeness (QED) is 0.241. The number of rotatable bonds is 7. The summed E-state index contributed by atoms with van der Waals surface area (Å²) < 4.78 is 63.7. The minimum atomic E-state index is -4.14. The van der Waals surface area contributed by atoms with E-state index in [2.05, 4.69) is 15.6 Å². The summed E-state index contributed by atoms with van der Waals surface area (Å²) in [6, 6.07) is 3.52. The summed E-state index contributed by atoms with van der Waals surface area (Å²) in [5, 5.41) is 6.24. The summed E-state index contributed by atoms with van der Waals surface area (Å²) >= 11 is 0. The molecule has 1 heterocycles. The Morgan fingerprint density at radius 2 is 1.79 bits per heavy atom. The van der Waals surface area contributed by atoms with Crippen molar-refractivity contribution in [1.29, 1.82) is 0 Å². The largest absolute Gasteiger partial charge is 0.401 e. The van der Waals surface area contributed by atoms with Gasteiger partial charge in [-0.2, -0.15) is 13.2 Å². The highest BCUT2D eigenvalue weighted by molar-refractivity contribution is 14.0. The molecule has 2 N–H and O–H groups in total. The second-order valence-corrected chi connectivity index (χ2v) is 7.03. The Balaban J connectivity index is 0.00000420. The van der Waals surface area contributed by atoms with Crippen molar-refractivity contribution in [1.82, 2.24) is 15.5 Å². The molecule has 166 valence electrons. The molecule has 0 saturated carbocycles. The summed E-state index contributed by atoms with van der Waals surface area (Å²) in [5.74, 6) is -0.196. The highest BCUT2D eigenvalue weighted by Gasteiger charge is 2.32.